The Hall–Kier alpha value is -3.38. The van der Waals surface area contributed by atoms with E-state index in [1.807, 2.05) is 48.5 Å². The van der Waals surface area contributed by atoms with Crippen molar-refractivity contribution >= 4 is 5.91 Å². The molecule has 34 heavy (non-hydrogen) atoms. The number of carbonyl (C=O) groups is 1. The number of benzene rings is 2. The first-order valence-corrected chi connectivity index (χ1v) is 11.7. The molecule has 2 aromatic carbocycles. The lowest BCUT2D eigenvalue weighted by molar-refractivity contribution is 0.0873. The fourth-order valence-corrected chi connectivity index (χ4v) is 4.97. The van der Waals surface area contributed by atoms with Crippen molar-refractivity contribution in [2.24, 2.45) is 0 Å². The van der Waals surface area contributed by atoms with Crippen LogP contribution in [-0.2, 0) is 6.61 Å². The number of amides is 1. The Morgan fingerprint density at radius 1 is 0.971 bits per heavy atom. The van der Waals surface area contributed by atoms with Gasteiger partial charge in [0.2, 0.25) is 5.56 Å². The van der Waals surface area contributed by atoms with Crippen molar-refractivity contribution in [1.82, 2.24) is 15.6 Å². The summed E-state index contributed by atoms with van der Waals surface area (Å²) in [6, 6.07) is 18.7. The highest BCUT2D eigenvalue weighted by Gasteiger charge is 2.38. The van der Waals surface area contributed by atoms with Crippen LogP contribution in [-0.4, -0.2) is 28.0 Å². The van der Waals surface area contributed by atoms with Gasteiger partial charge in [-0.15, -0.1) is 0 Å². The summed E-state index contributed by atoms with van der Waals surface area (Å²) in [5, 5.41) is 6.86. The number of aromatic amines is 1. The molecule has 6 heteroatoms. The van der Waals surface area contributed by atoms with Crippen LogP contribution >= 0.6 is 0 Å². The molecule has 1 saturated heterocycles. The molecule has 0 bridgehead atoms. The molecule has 0 atom stereocenters. The number of hydrogen-bond donors (Lipinski definition) is 3. The molecule has 1 aliphatic heterocycles. The second-order valence-corrected chi connectivity index (χ2v) is 10.4. The molecule has 4 rings (SSSR count). The quantitative estimate of drug-likeness (QED) is 0.501. The minimum Gasteiger partial charge on any atom is -0.489 e. The van der Waals surface area contributed by atoms with Crippen LogP contribution in [0, 0.1) is 0 Å². The highest BCUT2D eigenvalue weighted by molar-refractivity contribution is 5.94. The van der Waals surface area contributed by atoms with Gasteiger partial charge in [-0.1, -0.05) is 24.3 Å². The van der Waals surface area contributed by atoms with Gasteiger partial charge in [-0.25, -0.2) is 0 Å². The Morgan fingerprint density at radius 3 is 2.32 bits per heavy atom. The number of nitrogens with one attached hydrogen (secondary N) is 3. The molecule has 1 amide bonds. The van der Waals surface area contributed by atoms with E-state index >= 15 is 0 Å². The van der Waals surface area contributed by atoms with Crippen molar-refractivity contribution in [1.29, 1.82) is 0 Å². The van der Waals surface area contributed by atoms with Crippen molar-refractivity contribution in [2.45, 2.75) is 64.3 Å². The summed E-state index contributed by atoms with van der Waals surface area (Å²) in [4.78, 5) is 26.8. The molecule has 0 saturated carbocycles. The van der Waals surface area contributed by atoms with E-state index in [9.17, 15) is 9.59 Å². The normalized spacial score (nSPS) is 17.2. The van der Waals surface area contributed by atoms with Crippen LogP contribution in [0.4, 0.5) is 0 Å². The van der Waals surface area contributed by atoms with Crippen molar-refractivity contribution in [3.63, 3.8) is 0 Å². The lowest BCUT2D eigenvalue weighted by Gasteiger charge is -2.46. The SMILES string of the molecule is CC1(C)CC(NC(=O)c2ccc(COc3cccc(-c4ccc(=O)[nH]c4)c3)cc2)CC(C)(C)N1. The number of piperidine rings is 1. The van der Waals surface area contributed by atoms with Gasteiger partial charge < -0.3 is 20.4 Å². The average Bonchev–Trinajstić information content (AvgIpc) is 2.76. The smallest absolute Gasteiger partial charge is 0.251 e. The molecular weight excluding hydrogens is 426 g/mol. The first-order valence-electron chi connectivity index (χ1n) is 11.7. The molecule has 6 nitrogen and oxygen atoms in total. The Balaban J connectivity index is 1.35. The lowest BCUT2D eigenvalue weighted by atomic mass is 9.79. The topological polar surface area (TPSA) is 83.2 Å². The van der Waals surface area contributed by atoms with Crippen molar-refractivity contribution in [3.05, 3.63) is 88.3 Å². The monoisotopic (exact) mass is 459 g/mol. The molecule has 0 unspecified atom stereocenters. The Bertz CT molecular complexity index is 1180. The summed E-state index contributed by atoms with van der Waals surface area (Å²) in [5.41, 5.74) is 3.35. The Morgan fingerprint density at radius 2 is 1.68 bits per heavy atom. The minimum atomic E-state index is -0.128. The number of hydrogen-bond acceptors (Lipinski definition) is 4. The maximum atomic E-state index is 12.8. The van der Waals surface area contributed by atoms with E-state index < -0.39 is 0 Å². The molecule has 0 radical (unpaired) electrons. The third kappa shape index (κ3) is 6.14. The average molecular weight is 460 g/mol. The molecule has 3 N–H and O–H groups in total. The van der Waals surface area contributed by atoms with E-state index in [4.69, 9.17) is 4.74 Å². The molecule has 1 fully saturated rings. The third-order valence-electron chi connectivity index (χ3n) is 6.10. The molecule has 178 valence electrons. The fourth-order valence-electron chi connectivity index (χ4n) is 4.97. The van der Waals surface area contributed by atoms with Crippen LogP contribution < -0.4 is 20.9 Å². The number of pyridine rings is 1. The maximum absolute atomic E-state index is 12.8. The predicted molar refractivity (Wildman–Crippen MR) is 135 cm³/mol. The van der Waals surface area contributed by atoms with Gasteiger partial charge in [0.15, 0.2) is 0 Å². The van der Waals surface area contributed by atoms with Crippen LogP contribution in [0.1, 0.15) is 56.5 Å². The van der Waals surface area contributed by atoms with E-state index in [0.717, 1.165) is 35.3 Å². The molecule has 1 aromatic heterocycles. The summed E-state index contributed by atoms with van der Waals surface area (Å²) in [5.74, 6) is 0.696. The second-order valence-electron chi connectivity index (χ2n) is 10.4. The lowest BCUT2D eigenvalue weighted by Crippen LogP contribution is -2.62. The van der Waals surface area contributed by atoms with Gasteiger partial charge in [0.05, 0.1) is 0 Å². The van der Waals surface area contributed by atoms with Crippen molar-refractivity contribution < 1.29 is 9.53 Å². The van der Waals surface area contributed by atoms with E-state index in [-0.39, 0.29) is 28.6 Å². The number of ether oxygens (including phenoxy) is 1. The van der Waals surface area contributed by atoms with Crippen LogP contribution in [0.2, 0.25) is 0 Å². The fraction of sp³-hybridized carbons (Fsp3) is 0.357. The molecule has 0 aliphatic carbocycles. The number of rotatable bonds is 6. The van der Waals surface area contributed by atoms with Crippen molar-refractivity contribution in [2.75, 3.05) is 0 Å². The molecule has 3 aromatic rings. The van der Waals surface area contributed by atoms with Gasteiger partial charge in [0.1, 0.15) is 12.4 Å². The third-order valence-corrected chi connectivity index (χ3v) is 6.10. The van der Waals surface area contributed by atoms with Gasteiger partial charge in [0.25, 0.3) is 5.91 Å². The van der Waals surface area contributed by atoms with Gasteiger partial charge in [-0.3, -0.25) is 9.59 Å². The highest BCUT2D eigenvalue weighted by atomic mass is 16.5. The minimum absolute atomic E-state index is 0.0179. The number of H-pyrrole nitrogens is 1. The van der Waals surface area contributed by atoms with E-state index in [0.29, 0.717) is 12.2 Å². The number of carbonyl (C=O) groups excluding carboxylic acids is 1. The molecule has 2 heterocycles. The van der Waals surface area contributed by atoms with Crippen LogP contribution in [0.5, 0.6) is 5.75 Å². The summed E-state index contributed by atoms with van der Waals surface area (Å²) in [7, 11) is 0. The zero-order valence-corrected chi connectivity index (χ0v) is 20.3. The largest absolute Gasteiger partial charge is 0.489 e. The first kappa shape index (κ1) is 23.8. The van der Waals surface area contributed by atoms with E-state index in [1.165, 1.54) is 6.07 Å². The Kier molecular flexibility index (Phi) is 6.62. The van der Waals surface area contributed by atoms with Crippen LogP contribution in [0.15, 0.2) is 71.7 Å². The van der Waals surface area contributed by atoms with Crippen LogP contribution in [0.3, 0.4) is 0 Å². The summed E-state index contributed by atoms with van der Waals surface area (Å²) < 4.78 is 5.97. The van der Waals surface area contributed by atoms with Crippen molar-refractivity contribution in [3.8, 4) is 16.9 Å². The molecule has 1 aliphatic rings. The first-order chi connectivity index (χ1) is 16.1. The van der Waals surface area contributed by atoms with Gasteiger partial charge in [-0.2, -0.15) is 0 Å². The highest BCUT2D eigenvalue weighted by Crippen LogP contribution is 2.29. The standard InChI is InChI=1S/C28H33N3O3/c1-27(2)15-23(16-28(3,4)31-27)30-26(33)20-10-8-19(9-11-20)18-34-24-7-5-6-21(14-24)22-12-13-25(32)29-17-22/h5-14,17,23,31H,15-16,18H2,1-4H3,(H,29,32)(H,30,33). The van der Waals surface area contributed by atoms with Gasteiger partial charge >= 0.3 is 0 Å². The van der Waals surface area contributed by atoms with Gasteiger partial charge in [0, 0.05) is 34.9 Å². The summed E-state index contributed by atoms with van der Waals surface area (Å²) >= 11 is 0. The van der Waals surface area contributed by atoms with Gasteiger partial charge in [-0.05, 0) is 87.6 Å². The predicted octanol–water partition coefficient (Wildman–Crippen LogP) is 4.66. The Labute approximate surface area is 200 Å². The zero-order chi connectivity index (χ0) is 24.3. The number of aromatic nitrogens is 1. The van der Waals surface area contributed by atoms with Crippen LogP contribution in [0.25, 0.3) is 11.1 Å². The summed E-state index contributed by atoms with van der Waals surface area (Å²) in [6.45, 7) is 9.11. The molecule has 0 spiro atoms. The molecular formula is C28H33N3O3. The van der Waals surface area contributed by atoms with E-state index in [2.05, 4.69) is 43.3 Å². The maximum Gasteiger partial charge on any atom is 0.251 e. The summed E-state index contributed by atoms with van der Waals surface area (Å²) in [6.07, 6.45) is 3.48. The second kappa shape index (κ2) is 9.47. The zero-order valence-electron chi connectivity index (χ0n) is 20.3. The van der Waals surface area contributed by atoms with E-state index in [1.54, 1.807) is 12.3 Å².